The van der Waals surface area contributed by atoms with Crippen LogP contribution in [0.5, 0.6) is 0 Å². The van der Waals surface area contributed by atoms with Crippen LogP contribution in [0.3, 0.4) is 0 Å². The van der Waals surface area contributed by atoms with Crippen molar-refractivity contribution in [2.24, 2.45) is 0 Å². The van der Waals surface area contributed by atoms with Crippen LogP contribution in [0.4, 0.5) is 0 Å². The maximum Gasteiger partial charge on any atom is 0.374 e. The summed E-state index contributed by atoms with van der Waals surface area (Å²) in [6, 6.07) is 14.6. The van der Waals surface area contributed by atoms with Gasteiger partial charge in [0.15, 0.2) is 5.43 Å². The number of aryl methyl sites for hydroxylation is 1. The Morgan fingerprint density at radius 3 is 2.43 bits per heavy atom. The highest BCUT2D eigenvalue weighted by Crippen LogP contribution is 2.24. The summed E-state index contributed by atoms with van der Waals surface area (Å²) in [6.07, 6.45) is 0. The largest absolute Gasteiger partial charge is 0.460 e. The highest BCUT2D eigenvalue weighted by molar-refractivity contribution is 5.90. The Morgan fingerprint density at radius 2 is 1.74 bits per heavy atom. The normalized spacial score (nSPS) is 10.7. The van der Waals surface area contributed by atoms with Crippen LogP contribution in [-0.2, 0) is 4.74 Å². The number of carbonyl (C=O) groups is 1. The topological polar surface area (TPSA) is 56.5 Å². The summed E-state index contributed by atoms with van der Waals surface area (Å²) in [7, 11) is 0. The minimum absolute atomic E-state index is 0.0764. The number of ether oxygens (including phenoxy) is 1. The SMILES string of the molecule is CCOC(=O)c1cc(=O)c2cc(-c3ccc(C)cc3)ccc2o1. The lowest BCUT2D eigenvalue weighted by atomic mass is 10.0. The van der Waals surface area contributed by atoms with E-state index in [2.05, 4.69) is 0 Å². The first-order valence-corrected chi connectivity index (χ1v) is 7.40. The van der Waals surface area contributed by atoms with Crippen molar-refractivity contribution in [1.82, 2.24) is 0 Å². The summed E-state index contributed by atoms with van der Waals surface area (Å²) in [5.41, 5.74) is 3.23. The van der Waals surface area contributed by atoms with Crippen LogP contribution >= 0.6 is 0 Å². The molecule has 0 atom stereocenters. The van der Waals surface area contributed by atoms with E-state index in [4.69, 9.17) is 9.15 Å². The van der Waals surface area contributed by atoms with Gasteiger partial charge in [-0.15, -0.1) is 0 Å². The first kappa shape index (κ1) is 15.0. The van der Waals surface area contributed by atoms with Crippen LogP contribution in [0.15, 0.2) is 57.7 Å². The number of hydrogen-bond donors (Lipinski definition) is 0. The molecule has 116 valence electrons. The van der Waals surface area contributed by atoms with Gasteiger partial charge in [0.2, 0.25) is 5.76 Å². The summed E-state index contributed by atoms with van der Waals surface area (Å²) >= 11 is 0. The third-order valence-corrected chi connectivity index (χ3v) is 3.59. The molecule has 0 N–H and O–H groups in total. The molecule has 1 aromatic heterocycles. The molecule has 1 heterocycles. The van der Waals surface area contributed by atoms with Crippen LogP contribution in [0.2, 0.25) is 0 Å². The van der Waals surface area contributed by atoms with E-state index in [-0.39, 0.29) is 17.8 Å². The average molecular weight is 308 g/mol. The van der Waals surface area contributed by atoms with Crippen molar-refractivity contribution in [3.63, 3.8) is 0 Å². The molecule has 0 spiro atoms. The molecule has 0 bridgehead atoms. The molecule has 0 radical (unpaired) electrons. The van der Waals surface area contributed by atoms with Gasteiger partial charge in [-0.25, -0.2) is 4.79 Å². The molecule has 0 unspecified atom stereocenters. The van der Waals surface area contributed by atoms with Crippen molar-refractivity contribution in [3.8, 4) is 11.1 Å². The van der Waals surface area contributed by atoms with Gasteiger partial charge in [0, 0.05) is 6.07 Å². The second-order valence-electron chi connectivity index (χ2n) is 5.27. The van der Waals surface area contributed by atoms with Crippen molar-refractivity contribution in [3.05, 3.63) is 70.1 Å². The predicted octanol–water partition coefficient (Wildman–Crippen LogP) is 3.95. The van der Waals surface area contributed by atoms with E-state index in [0.29, 0.717) is 11.0 Å². The number of fused-ring (bicyclic) bond motifs is 1. The maximum absolute atomic E-state index is 12.3. The van der Waals surface area contributed by atoms with Gasteiger partial charge < -0.3 is 9.15 Å². The molecule has 3 aromatic rings. The van der Waals surface area contributed by atoms with Gasteiger partial charge >= 0.3 is 5.97 Å². The summed E-state index contributed by atoms with van der Waals surface area (Å²) in [4.78, 5) is 24.0. The number of benzene rings is 2. The molecule has 0 saturated carbocycles. The summed E-state index contributed by atoms with van der Waals surface area (Å²) < 4.78 is 10.4. The van der Waals surface area contributed by atoms with E-state index >= 15 is 0 Å². The van der Waals surface area contributed by atoms with Crippen LogP contribution in [0.25, 0.3) is 22.1 Å². The zero-order chi connectivity index (χ0) is 16.4. The summed E-state index contributed by atoms with van der Waals surface area (Å²) in [5, 5.41) is 0.441. The first-order chi connectivity index (χ1) is 11.1. The Labute approximate surface area is 133 Å². The second-order valence-corrected chi connectivity index (χ2v) is 5.27. The number of esters is 1. The van der Waals surface area contributed by atoms with Crippen LogP contribution in [0, 0.1) is 6.92 Å². The third kappa shape index (κ3) is 3.01. The van der Waals surface area contributed by atoms with Crippen LogP contribution in [-0.4, -0.2) is 12.6 Å². The molecule has 4 heteroatoms. The minimum Gasteiger partial charge on any atom is -0.460 e. The highest BCUT2D eigenvalue weighted by Gasteiger charge is 2.13. The Kier molecular flexibility index (Phi) is 3.98. The van der Waals surface area contributed by atoms with Gasteiger partial charge in [-0.05, 0) is 37.1 Å². The van der Waals surface area contributed by atoms with E-state index in [9.17, 15) is 9.59 Å². The van der Waals surface area contributed by atoms with E-state index in [1.54, 1.807) is 19.1 Å². The molecule has 23 heavy (non-hydrogen) atoms. The van der Waals surface area contributed by atoms with E-state index < -0.39 is 5.97 Å². The predicted molar refractivity (Wildman–Crippen MR) is 88.6 cm³/mol. The third-order valence-electron chi connectivity index (χ3n) is 3.59. The van der Waals surface area contributed by atoms with Crippen molar-refractivity contribution in [2.75, 3.05) is 6.61 Å². The van der Waals surface area contributed by atoms with Gasteiger partial charge in [-0.3, -0.25) is 4.79 Å². The van der Waals surface area contributed by atoms with Crippen molar-refractivity contribution < 1.29 is 13.9 Å². The van der Waals surface area contributed by atoms with Gasteiger partial charge in [0.25, 0.3) is 0 Å². The smallest absolute Gasteiger partial charge is 0.374 e. The molecule has 4 nitrogen and oxygen atoms in total. The molecular formula is C19H16O4. The van der Waals surface area contributed by atoms with E-state index in [1.165, 1.54) is 11.6 Å². The number of hydrogen-bond acceptors (Lipinski definition) is 4. The van der Waals surface area contributed by atoms with E-state index in [0.717, 1.165) is 11.1 Å². The van der Waals surface area contributed by atoms with Gasteiger partial charge in [-0.2, -0.15) is 0 Å². The second kappa shape index (κ2) is 6.08. The molecule has 3 rings (SSSR count). The fourth-order valence-corrected chi connectivity index (χ4v) is 2.38. The van der Waals surface area contributed by atoms with Crippen LogP contribution < -0.4 is 5.43 Å². The Balaban J connectivity index is 2.09. The van der Waals surface area contributed by atoms with Gasteiger partial charge in [-0.1, -0.05) is 35.9 Å². The zero-order valence-corrected chi connectivity index (χ0v) is 13.0. The average Bonchev–Trinajstić information content (AvgIpc) is 2.55. The lowest BCUT2D eigenvalue weighted by Crippen LogP contribution is -2.10. The molecule has 0 saturated heterocycles. The Bertz CT molecular complexity index is 920. The fourth-order valence-electron chi connectivity index (χ4n) is 2.38. The Hall–Kier alpha value is -2.88. The molecule has 0 aliphatic rings. The fraction of sp³-hybridized carbons (Fsp3) is 0.158. The van der Waals surface area contributed by atoms with Gasteiger partial charge in [0.05, 0.1) is 12.0 Å². The molecule has 0 aliphatic carbocycles. The monoisotopic (exact) mass is 308 g/mol. The van der Waals surface area contributed by atoms with Crippen molar-refractivity contribution >= 4 is 16.9 Å². The van der Waals surface area contributed by atoms with Crippen molar-refractivity contribution in [1.29, 1.82) is 0 Å². The number of carbonyl (C=O) groups excluding carboxylic acids is 1. The summed E-state index contributed by atoms with van der Waals surface area (Å²) in [6.45, 7) is 3.95. The number of rotatable bonds is 3. The minimum atomic E-state index is -0.630. The first-order valence-electron chi connectivity index (χ1n) is 7.40. The quantitative estimate of drug-likeness (QED) is 0.688. The highest BCUT2D eigenvalue weighted by atomic mass is 16.5. The molecule has 0 amide bonds. The molecule has 2 aromatic carbocycles. The molecular weight excluding hydrogens is 292 g/mol. The lowest BCUT2D eigenvalue weighted by Gasteiger charge is -2.06. The van der Waals surface area contributed by atoms with E-state index in [1.807, 2.05) is 37.3 Å². The molecule has 0 aliphatic heterocycles. The lowest BCUT2D eigenvalue weighted by molar-refractivity contribution is 0.0490. The zero-order valence-electron chi connectivity index (χ0n) is 13.0. The van der Waals surface area contributed by atoms with Crippen LogP contribution in [0.1, 0.15) is 23.0 Å². The molecule has 0 fully saturated rings. The standard InChI is InChI=1S/C19H16O4/c1-3-22-19(21)18-11-16(20)15-10-14(8-9-17(15)23-18)13-6-4-12(2)5-7-13/h4-11H,3H2,1-2H3. The Morgan fingerprint density at radius 1 is 1.04 bits per heavy atom. The van der Waals surface area contributed by atoms with Crippen molar-refractivity contribution in [2.45, 2.75) is 13.8 Å². The van der Waals surface area contributed by atoms with Gasteiger partial charge in [0.1, 0.15) is 5.58 Å². The maximum atomic E-state index is 12.3. The summed E-state index contributed by atoms with van der Waals surface area (Å²) in [5.74, 6) is -0.707.